The fraction of sp³-hybridized carbons (Fsp3) is 0.292. The van der Waals surface area contributed by atoms with Crippen LogP contribution in [0.4, 0.5) is 0 Å². The van der Waals surface area contributed by atoms with Gasteiger partial charge < -0.3 is 15.2 Å². The molecule has 29 heavy (non-hydrogen) atoms. The third kappa shape index (κ3) is 5.50. The Labute approximate surface area is 180 Å². The highest BCUT2D eigenvalue weighted by Crippen LogP contribution is 2.32. The van der Waals surface area contributed by atoms with Crippen LogP contribution in [-0.4, -0.2) is 30.3 Å². The van der Waals surface area contributed by atoms with Gasteiger partial charge in [-0.15, -0.1) is 0 Å². The molecule has 0 radical (unpaired) electrons. The maximum absolute atomic E-state index is 12.1. The lowest BCUT2D eigenvalue weighted by Crippen LogP contribution is -2.45. The van der Waals surface area contributed by atoms with E-state index in [1.54, 1.807) is 6.92 Å². The summed E-state index contributed by atoms with van der Waals surface area (Å²) < 4.78 is 5.86. The van der Waals surface area contributed by atoms with E-state index in [4.69, 9.17) is 4.74 Å². The Morgan fingerprint density at radius 1 is 1.07 bits per heavy atom. The molecule has 1 aliphatic carbocycles. The Morgan fingerprint density at radius 3 is 2.07 bits per heavy atom. The number of aliphatic hydroxyl groups excluding tert-OH is 1. The molecule has 0 heterocycles. The fourth-order valence-corrected chi connectivity index (χ4v) is 3.31. The van der Waals surface area contributed by atoms with Gasteiger partial charge in [-0.1, -0.05) is 39.9 Å². The zero-order chi connectivity index (χ0) is 20.8. The molecule has 3 rings (SSSR count). The van der Waals surface area contributed by atoms with Gasteiger partial charge >= 0.3 is 5.97 Å². The van der Waals surface area contributed by atoms with Crippen molar-refractivity contribution in [2.45, 2.75) is 38.3 Å². The summed E-state index contributed by atoms with van der Waals surface area (Å²) in [6, 6.07) is 15.0. The van der Waals surface area contributed by atoms with Crippen LogP contribution in [0.2, 0.25) is 0 Å². The van der Waals surface area contributed by atoms with Crippen molar-refractivity contribution in [2.75, 3.05) is 7.11 Å². The van der Waals surface area contributed by atoms with Crippen LogP contribution in [0.1, 0.15) is 42.9 Å². The molecule has 1 aliphatic rings. The Bertz CT molecular complexity index is 944. The van der Waals surface area contributed by atoms with Crippen LogP contribution in [0.25, 0.3) is 5.70 Å². The molecule has 1 fully saturated rings. The molecular formula is C24H24BrNO3. The van der Waals surface area contributed by atoms with Crippen molar-refractivity contribution in [1.29, 1.82) is 0 Å². The molecule has 2 unspecified atom stereocenters. The lowest BCUT2D eigenvalue weighted by Gasteiger charge is -2.28. The molecule has 2 aromatic carbocycles. The van der Waals surface area contributed by atoms with Gasteiger partial charge in [0.05, 0.1) is 13.2 Å². The van der Waals surface area contributed by atoms with Crippen LogP contribution < -0.4 is 5.32 Å². The fourth-order valence-electron chi connectivity index (χ4n) is 3.05. The SMILES string of the molecule is COC(=O)C(NC(=C1CCC1)c1ccc(C#Cc2ccc(Br)cc2)cc1)C(C)O. The number of rotatable bonds is 5. The first-order valence-electron chi connectivity index (χ1n) is 9.60. The third-order valence-electron chi connectivity index (χ3n) is 4.92. The van der Waals surface area contributed by atoms with Crippen molar-refractivity contribution in [3.05, 3.63) is 75.3 Å². The first kappa shape index (κ1) is 21.2. The highest BCUT2D eigenvalue weighted by atomic mass is 79.9. The minimum Gasteiger partial charge on any atom is -0.467 e. The minimum atomic E-state index is -0.867. The Kier molecular flexibility index (Phi) is 7.13. The number of halogens is 1. The number of esters is 1. The number of carbonyl (C=O) groups is 1. The Balaban J connectivity index is 1.82. The van der Waals surface area contributed by atoms with Crippen molar-refractivity contribution >= 4 is 27.6 Å². The number of benzene rings is 2. The summed E-state index contributed by atoms with van der Waals surface area (Å²) in [5, 5.41) is 13.2. The molecule has 0 bridgehead atoms. The summed E-state index contributed by atoms with van der Waals surface area (Å²) in [7, 11) is 1.33. The summed E-state index contributed by atoms with van der Waals surface area (Å²) in [5.74, 6) is 5.86. The summed E-state index contributed by atoms with van der Waals surface area (Å²) >= 11 is 3.42. The van der Waals surface area contributed by atoms with E-state index in [-0.39, 0.29) is 0 Å². The smallest absolute Gasteiger partial charge is 0.330 e. The normalized spacial score (nSPS) is 14.7. The average Bonchev–Trinajstić information content (AvgIpc) is 2.69. The number of carbonyl (C=O) groups excluding carboxylic acids is 1. The van der Waals surface area contributed by atoms with Gasteiger partial charge in [-0.25, -0.2) is 4.79 Å². The number of methoxy groups -OCH3 is 1. The first-order chi connectivity index (χ1) is 14.0. The Hall–Kier alpha value is -2.55. The quantitative estimate of drug-likeness (QED) is 0.524. The predicted octanol–water partition coefficient (Wildman–Crippen LogP) is 4.26. The van der Waals surface area contributed by atoms with E-state index in [0.717, 1.165) is 46.1 Å². The number of hydrogen-bond acceptors (Lipinski definition) is 4. The van der Waals surface area contributed by atoms with Gasteiger partial charge in [0.2, 0.25) is 0 Å². The number of allylic oxidation sites excluding steroid dienone is 1. The van der Waals surface area contributed by atoms with Crippen molar-refractivity contribution in [1.82, 2.24) is 5.32 Å². The van der Waals surface area contributed by atoms with E-state index in [1.807, 2.05) is 48.5 Å². The Morgan fingerprint density at radius 2 is 1.62 bits per heavy atom. The van der Waals surface area contributed by atoms with Gasteiger partial charge in [0.1, 0.15) is 0 Å². The number of nitrogens with one attached hydrogen (secondary N) is 1. The predicted molar refractivity (Wildman–Crippen MR) is 118 cm³/mol. The molecule has 0 amide bonds. The topological polar surface area (TPSA) is 58.6 Å². The monoisotopic (exact) mass is 453 g/mol. The van der Waals surface area contributed by atoms with Gasteiger partial charge in [0, 0.05) is 21.3 Å². The molecule has 2 atom stereocenters. The summed E-state index contributed by atoms with van der Waals surface area (Å²) in [4.78, 5) is 12.1. The second-order valence-electron chi connectivity index (χ2n) is 7.05. The van der Waals surface area contributed by atoms with Gasteiger partial charge in [0.25, 0.3) is 0 Å². The molecule has 150 valence electrons. The molecule has 0 saturated heterocycles. The highest BCUT2D eigenvalue weighted by molar-refractivity contribution is 9.10. The van der Waals surface area contributed by atoms with Gasteiger partial charge in [0.15, 0.2) is 6.04 Å². The van der Waals surface area contributed by atoms with Crippen molar-refractivity contribution < 1.29 is 14.6 Å². The molecule has 0 aromatic heterocycles. The van der Waals surface area contributed by atoms with Crippen LogP contribution in [0, 0.1) is 11.8 Å². The largest absolute Gasteiger partial charge is 0.467 e. The standard InChI is InChI=1S/C24H24BrNO3/c1-16(27)22(24(28)29-2)26-23(19-4-3-5-19)20-12-8-17(9-13-20)6-7-18-10-14-21(25)15-11-18/h8-16,22,26-27H,3-5H2,1-2H3. The summed E-state index contributed by atoms with van der Waals surface area (Å²) in [6.45, 7) is 1.58. The zero-order valence-electron chi connectivity index (χ0n) is 16.5. The molecule has 2 N–H and O–H groups in total. The molecule has 0 aliphatic heterocycles. The van der Waals surface area contributed by atoms with Crippen LogP contribution in [-0.2, 0) is 9.53 Å². The van der Waals surface area contributed by atoms with E-state index in [2.05, 4.69) is 33.1 Å². The lowest BCUT2D eigenvalue weighted by atomic mass is 9.87. The lowest BCUT2D eigenvalue weighted by molar-refractivity contribution is -0.145. The van der Waals surface area contributed by atoms with Crippen LogP contribution >= 0.6 is 15.9 Å². The molecule has 4 nitrogen and oxygen atoms in total. The van der Waals surface area contributed by atoms with E-state index in [1.165, 1.54) is 12.7 Å². The van der Waals surface area contributed by atoms with Gasteiger partial charge in [-0.05, 0) is 73.7 Å². The summed E-state index contributed by atoms with van der Waals surface area (Å²) in [6.07, 6.45) is 2.24. The minimum absolute atomic E-state index is 0.477. The molecule has 5 heteroatoms. The van der Waals surface area contributed by atoms with E-state index in [0.29, 0.717) is 0 Å². The molecule has 1 saturated carbocycles. The maximum Gasteiger partial charge on any atom is 0.330 e. The van der Waals surface area contributed by atoms with Crippen molar-refractivity contribution in [3.63, 3.8) is 0 Å². The zero-order valence-corrected chi connectivity index (χ0v) is 18.1. The number of aliphatic hydroxyl groups is 1. The first-order valence-corrected chi connectivity index (χ1v) is 10.4. The average molecular weight is 454 g/mol. The number of hydrogen-bond donors (Lipinski definition) is 2. The molecule has 2 aromatic rings. The molecular weight excluding hydrogens is 430 g/mol. The second-order valence-corrected chi connectivity index (χ2v) is 7.97. The van der Waals surface area contributed by atoms with Crippen LogP contribution in [0.3, 0.4) is 0 Å². The van der Waals surface area contributed by atoms with Gasteiger partial charge in [-0.3, -0.25) is 0 Å². The van der Waals surface area contributed by atoms with E-state index < -0.39 is 18.1 Å². The van der Waals surface area contributed by atoms with E-state index in [9.17, 15) is 9.90 Å². The summed E-state index contributed by atoms with van der Waals surface area (Å²) in [5.41, 5.74) is 5.00. The van der Waals surface area contributed by atoms with E-state index >= 15 is 0 Å². The number of ether oxygens (including phenoxy) is 1. The van der Waals surface area contributed by atoms with Crippen LogP contribution in [0.5, 0.6) is 0 Å². The van der Waals surface area contributed by atoms with Crippen molar-refractivity contribution in [2.24, 2.45) is 0 Å². The second kappa shape index (κ2) is 9.78. The molecule has 0 spiro atoms. The highest BCUT2D eigenvalue weighted by Gasteiger charge is 2.27. The third-order valence-corrected chi connectivity index (χ3v) is 5.45. The van der Waals surface area contributed by atoms with Crippen LogP contribution in [0.15, 0.2) is 58.6 Å². The van der Waals surface area contributed by atoms with Crippen molar-refractivity contribution in [3.8, 4) is 11.8 Å². The van der Waals surface area contributed by atoms with Gasteiger partial charge in [-0.2, -0.15) is 0 Å². The maximum atomic E-state index is 12.1.